The van der Waals surface area contributed by atoms with Crippen LogP contribution < -0.4 is 0 Å². The van der Waals surface area contributed by atoms with E-state index in [0.29, 0.717) is 0 Å². The van der Waals surface area contributed by atoms with E-state index in [2.05, 4.69) is 15.3 Å². The molecule has 2 atom stereocenters. The standard InChI is InChI=1S/C15H20N4OS/c1-11-9-21-14(17-11)13-5-3-4-7-19(13)15(20)12(2)18-8-6-16-10-18/h6,8-10,12-13H,3-5,7H2,1-2H3/t12-,13+/m1/s1. The number of aryl methyl sites for hydroxylation is 1. The normalized spacial score (nSPS) is 20.5. The van der Waals surface area contributed by atoms with Crippen LogP contribution in [0.3, 0.4) is 0 Å². The zero-order valence-electron chi connectivity index (χ0n) is 12.4. The average Bonchev–Trinajstić information content (AvgIpc) is 3.17. The summed E-state index contributed by atoms with van der Waals surface area (Å²) in [4.78, 5) is 23.5. The number of likely N-dealkylation sites (tertiary alicyclic amines) is 1. The summed E-state index contributed by atoms with van der Waals surface area (Å²) in [7, 11) is 0. The Morgan fingerprint density at radius 3 is 3.00 bits per heavy atom. The SMILES string of the molecule is Cc1csc([C@@H]2CCCCN2C(=O)[C@@H](C)n2ccnc2)n1. The molecule has 3 heterocycles. The van der Waals surface area contributed by atoms with Crippen molar-refractivity contribution in [1.29, 1.82) is 0 Å². The molecule has 0 N–H and O–H groups in total. The smallest absolute Gasteiger partial charge is 0.245 e. The molecule has 0 aliphatic carbocycles. The Balaban J connectivity index is 1.82. The fourth-order valence-corrected chi connectivity index (χ4v) is 3.79. The van der Waals surface area contributed by atoms with Crippen LogP contribution in [0.5, 0.6) is 0 Å². The number of rotatable bonds is 3. The van der Waals surface area contributed by atoms with Crippen molar-refractivity contribution in [3.63, 3.8) is 0 Å². The lowest BCUT2D eigenvalue weighted by molar-refractivity contribution is -0.138. The van der Waals surface area contributed by atoms with Crippen molar-refractivity contribution in [1.82, 2.24) is 19.4 Å². The van der Waals surface area contributed by atoms with Crippen LogP contribution in [0.25, 0.3) is 0 Å². The van der Waals surface area contributed by atoms with Crippen LogP contribution in [0.2, 0.25) is 0 Å². The zero-order chi connectivity index (χ0) is 14.8. The molecule has 6 heteroatoms. The first-order valence-corrected chi connectivity index (χ1v) is 8.24. The molecule has 0 spiro atoms. The average molecular weight is 304 g/mol. The van der Waals surface area contributed by atoms with Crippen molar-refractivity contribution in [2.75, 3.05) is 6.54 Å². The van der Waals surface area contributed by atoms with Crippen molar-refractivity contribution in [2.24, 2.45) is 0 Å². The number of carbonyl (C=O) groups excluding carboxylic acids is 1. The summed E-state index contributed by atoms with van der Waals surface area (Å²) in [6.45, 7) is 4.76. The number of nitrogens with zero attached hydrogens (tertiary/aromatic N) is 4. The van der Waals surface area contributed by atoms with Crippen LogP contribution in [-0.2, 0) is 4.79 Å². The largest absolute Gasteiger partial charge is 0.331 e. The Bertz CT molecular complexity index is 607. The third kappa shape index (κ3) is 2.85. The Kier molecular flexibility index (Phi) is 4.05. The molecule has 1 aliphatic rings. The second-order valence-corrected chi connectivity index (χ2v) is 6.45. The van der Waals surface area contributed by atoms with Gasteiger partial charge in [0.1, 0.15) is 11.0 Å². The maximum absolute atomic E-state index is 12.8. The van der Waals surface area contributed by atoms with Crippen LogP contribution >= 0.6 is 11.3 Å². The number of thiazole rings is 1. The number of hydrogen-bond acceptors (Lipinski definition) is 4. The van der Waals surface area contributed by atoms with Gasteiger partial charge in [-0.05, 0) is 33.1 Å². The van der Waals surface area contributed by atoms with Gasteiger partial charge in [0.2, 0.25) is 5.91 Å². The molecule has 1 saturated heterocycles. The van der Waals surface area contributed by atoms with Crippen molar-refractivity contribution >= 4 is 17.2 Å². The molecule has 5 nitrogen and oxygen atoms in total. The second-order valence-electron chi connectivity index (χ2n) is 5.56. The van der Waals surface area contributed by atoms with Gasteiger partial charge in [-0.2, -0.15) is 0 Å². The van der Waals surface area contributed by atoms with Crippen LogP contribution in [-0.4, -0.2) is 31.9 Å². The summed E-state index contributed by atoms with van der Waals surface area (Å²) in [6.07, 6.45) is 8.50. The Labute approximate surface area is 128 Å². The molecule has 0 bridgehead atoms. The van der Waals surface area contributed by atoms with E-state index in [1.807, 2.05) is 29.5 Å². The van der Waals surface area contributed by atoms with Crippen LogP contribution in [0.15, 0.2) is 24.1 Å². The number of carbonyl (C=O) groups is 1. The lowest BCUT2D eigenvalue weighted by Gasteiger charge is -2.36. The van der Waals surface area contributed by atoms with Gasteiger partial charge in [-0.25, -0.2) is 9.97 Å². The molecule has 1 amide bonds. The number of amides is 1. The second kappa shape index (κ2) is 5.97. The highest BCUT2D eigenvalue weighted by atomic mass is 32.1. The maximum Gasteiger partial charge on any atom is 0.245 e. The van der Waals surface area contributed by atoms with E-state index < -0.39 is 0 Å². The van der Waals surface area contributed by atoms with Gasteiger partial charge in [0.15, 0.2) is 0 Å². The lowest BCUT2D eigenvalue weighted by Crippen LogP contribution is -2.41. The number of aromatic nitrogens is 3. The highest BCUT2D eigenvalue weighted by Gasteiger charge is 2.32. The molecule has 112 valence electrons. The molecule has 2 aromatic rings. The molecular weight excluding hydrogens is 284 g/mol. The zero-order valence-corrected chi connectivity index (χ0v) is 13.2. The van der Waals surface area contributed by atoms with E-state index in [9.17, 15) is 4.79 Å². The molecule has 0 saturated carbocycles. The van der Waals surface area contributed by atoms with E-state index in [-0.39, 0.29) is 18.0 Å². The number of hydrogen-bond donors (Lipinski definition) is 0. The lowest BCUT2D eigenvalue weighted by atomic mass is 10.0. The van der Waals surface area contributed by atoms with Gasteiger partial charge in [0.05, 0.1) is 12.4 Å². The molecule has 0 unspecified atom stereocenters. The Morgan fingerprint density at radius 2 is 2.33 bits per heavy atom. The fraction of sp³-hybridized carbons (Fsp3) is 0.533. The Morgan fingerprint density at radius 1 is 1.48 bits per heavy atom. The monoisotopic (exact) mass is 304 g/mol. The first-order chi connectivity index (χ1) is 10.2. The molecule has 0 aromatic carbocycles. The summed E-state index contributed by atoms with van der Waals surface area (Å²) < 4.78 is 1.86. The van der Waals surface area contributed by atoms with Gasteiger partial charge in [-0.3, -0.25) is 4.79 Å². The van der Waals surface area contributed by atoms with Crippen molar-refractivity contribution in [3.8, 4) is 0 Å². The molecular formula is C15H20N4OS. The highest BCUT2D eigenvalue weighted by Crippen LogP contribution is 2.34. The minimum Gasteiger partial charge on any atom is -0.331 e. The third-order valence-electron chi connectivity index (χ3n) is 4.04. The molecule has 2 aromatic heterocycles. The number of piperidine rings is 1. The summed E-state index contributed by atoms with van der Waals surface area (Å²) in [5.41, 5.74) is 1.04. The maximum atomic E-state index is 12.8. The number of imidazole rings is 1. The summed E-state index contributed by atoms with van der Waals surface area (Å²) in [6, 6.07) is -0.0786. The Hall–Kier alpha value is -1.69. The summed E-state index contributed by atoms with van der Waals surface area (Å²) in [5.74, 6) is 0.158. The molecule has 21 heavy (non-hydrogen) atoms. The van der Waals surface area contributed by atoms with E-state index in [0.717, 1.165) is 36.5 Å². The van der Waals surface area contributed by atoms with Crippen molar-refractivity contribution < 1.29 is 4.79 Å². The van der Waals surface area contributed by atoms with Gasteiger partial charge < -0.3 is 9.47 Å². The topological polar surface area (TPSA) is 51.0 Å². The van der Waals surface area contributed by atoms with E-state index in [1.54, 1.807) is 23.9 Å². The van der Waals surface area contributed by atoms with Gasteiger partial charge in [0.25, 0.3) is 0 Å². The molecule has 1 aliphatic heterocycles. The molecule has 1 fully saturated rings. The van der Waals surface area contributed by atoms with Crippen LogP contribution in [0.1, 0.15) is 49.0 Å². The van der Waals surface area contributed by atoms with Crippen molar-refractivity contribution in [2.45, 2.75) is 45.2 Å². The van der Waals surface area contributed by atoms with Gasteiger partial charge in [-0.1, -0.05) is 0 Å². The fourth-order valence-electron chi connectivity index (χ4n) is 2.84. The van der Waals surface area contributed by atoms with Crippen molar-refractivity contribution in [3.05, 3.63) is 34.8 Å². The van der Waals surface area contributed by atoms with E-state index in [4.69, 9.17) is 0 Å². The first kappa shape index (κ1) is 14.3. The molecule has 3 rings (SSSR count). The predicted molar refractivity (Wildman–Crippen MR) is 82.1 cm³/mol. The van der Waals surface area contributed by atoms with E-state index in [1.165, 1.54) is 0 Å². The van der Waals surface area contributed by atoms with Crippen LogP contribution in [0, 0.1) is 6.92 Å². The third-order valence-corrected chi connectivity index (χ3v) is 5.10. The van der Waals surface area contributed by atoms with Gasteiger partial charge >= 0.3 is 0 Å². The minimum absolute atomic E-state index is 0.135. The van der Waals surface area contributed by atoms with E-state index >= 15 is 0 Å². The predicted octanol–water partition coefficient (Wildman–Crippen LogP) is 2.96. The first-order valence-electron chi connectivity index (χ1n) is 7.37. The highest BCUT2D eigenvalue weighted by molar-refractivity contribution is 7.09. The molecule has 0 radical (unpaired) electrons. The summed E-state index contributed by atoms with van der Waals surface area (Å²) >= 11 is 1.66. The van der Waals surface area contributed by atoms with Crippen LogP contribution in [0.4, 0.5) is 0 Å². The van der Waals surface area contributed by atoms with Gasteiger partial charge in [-0.15, -0.1) is 11.3 Å². The minimum atomic E-state index is -0.214. The quantitative estimate of drug-likeness (QED) is 0.876. The summed E-state index contributed by atoms with van der Waals surface area (Å²) in [5, 5.41) is 3.13. The van der Waals surface area contributed by atoms with Gasteiger partial charge in [0, 0.05) is 30.0 Å².